The molecule has 226 valence electrons. The lowest BCUT2D eigenvalue weighted by Crippen LogP contribution is -2.63. The molecule has 0 radical (unpaired) electrons. The fraction of sp³-hybridized carbons (Fsp3) is 0.312. The van der Waals surface area contributed by atoms with Crippen LogP contribution in [0.15, 0.2) is 75.9 Å². The number of anilines is 1. The summed E-state index contributed by atoms with van der Waals surface area (Å²) in [4.78, 5) is 26.0. The Morgan fingerprint density at radius 3 is 2.42 bits per heavy atom. The Morgan fingerprint density at radius 2 is 1.70 bits per heavy atom. The van der Waals surface area contributed by atoms with E-state index in [1.165, 1.54) is 19.2 Å². The third-order valence-corrected chi connectivity index (χ3v) is 7.35. The van der Waals surface area contributed by atoms with E-state index in [1.807, 2.05) is 24.3 Å². The minimum absolute atomic E-state index is 0.0496. The third kappa shape index (κ3) is 6.06. The van der Waals surface area contributed by atoms with E-state index in [0.29, 0.717) is 28.0 Å². The monoisotopic (exact) mass is 591 g/mol. The zero-order valence-corrected chi connectivity index (χ0v) is 24.3. The first-order chi connectivity index (χ1) is 20.5. The number of hydrogen-bond donors (Lipinski definition) is 3. The van der Waals surface area contributed by atoms with Crippen molar-refractivity contribution in [2.24, 2.45) is 0 Å². The minimum atomic E-state index is -1.39. The maximum absolute atomic E-state index is 13.2. The van der Waals surface area contributed by atoms with Gasteiger partial charge in [-0.15, -0.1) is 0 Å². The summed E-state index contributed by atoms with van der Waals surface area (Å²) >= 11 is 0. The quantitative estimate of drug-likeness (QED) is 0.257. The van der Waals surface area contributed by atoms with Crippen molar-refractivity contribution in [3.05, 3.63) is 82.7 Å². The molecule has 4 atom stereocenters. The smallest absolute Gasteiger partial charge is 0.360 e. The summed E-state index contributed by atoms with van der Waals surface area (Å²) in [5.41, 5.74) is 0.177. The van der Waals surface area contributed by atoms with Crippen molar-refractivity contribution < 1.29 is 43.1 Å². The van der Waals surface area contributed by atoms with Gasteiger partial charge in [-0.05, 0) is 67.9 Å². The number of carbonyl (C=O) groups excluding carboxylic acids is 1. The molecule has 4 aromatic rings. The second-order valence-corrected chi connectivity index (χ2v) is 10.6. The summed E-state index contributed by atoms with van der Waals surface area (Å²) in [6.45, 7) is 3.43. The summed E-state index contributed by atoms with van der Waals surface area (Å²) in [6, 6.07) is 18.5. The molecule has 43 heavy (non-hydrogen) atoms. The van der Waals surface area contributed by atoms with Gasteiger partial charge >= 0.3 is 5.63 Å². The zero-order valence-electron chi connectivity index (χ0n) is 24.3. The van der Waals surface area contributed by atoms with Crippen LogP contribution in [0.4, 0.5) is 5.69 Å². The fourth-order valence-corrected chi connectivity index (χ4v) is 5.15. The van der Waals surface area contributed by atoms with Crippen molar-refractivity contribution >= 4 is 22.6 Å². The van der Waals surface area contributed by atoms with Gasteiger partial charge in [-0.3, -0.25) is 4.79 Å². The number of carbonyl (C=O) groups is 1. The molecule has 0 saturated carbocycles. The van der Waals surface area contributed by atoms with E-state index in [0.717, 1.165) is 5.56 Å². The standard InChI is InChI=1S/C32H33NO10/c1-32(2)28(40-5)26(34)27(35)31(43-32)41-21-11-9-18-15-23(30(37)42-25(18)16-21)33-29(36)19-10-12-24(39-4)22(14-19)17-7-6-8-20(13-17)38-3/h6-16,26-28,31,34-35H,1-5H3,(H,33,36)/t26-,27+,28+,31+/m0/s1. The van der Waals surface area contributed by atoms with Crippen LogP contribution in [0.2, 0.25) is 0 Å². The number of benzene rings is 3. The van der Waals surface area contributed by atoms with E-state index < -0.39 is 41.7 Å². The van der Waals surface area contributed by atoms with Crippen molar-refractivity contribution in [1.29, 1.82) is 0 Å². The molecule has 5 rings (SSSR count). The van der Waals surface area contributed by atoms with E-state index in [-0.39, 0.29) is 17.0 Å². The molecule has 1 aromatic heterocycles. The second kappa shape index (κ2) is 12.1. The molecule has 0 unspecified atom stereocenters. The molecular formula is C32H33NO10. The third-order valence-electron chi connectivity index (χ3n) is 7.35. The van der Waals surface area contributed by atoms with Crippen LogP contribution < -0.4 is 25.2 Å². The van der Waals surface area contributed by atoms with Crippen molar-refractivity contribution in [3.8, 4) is 28.4 Å². The first-order valence-corrected chi connectivity index (χ1v) is 13.5. The molecule has 3 N–H and O–H groups in total. The highest BCUT2D eigenvalue weighted by atomic mass is 16.7. The molecule has 0 aliphatic carbocycles. The van der Waals surface area contributed by atoms with Crippen molar-refractivity contribution in [3.63, 3.8) is 0 Å². The maximum Gasteiger partial charge on any atom is 0.360 e. The van der Waals surface area contributed by atoms with Crippen LogP contribution in [0.25, 0.3) is 22.1 Å². The summed E-state index contributed by atoms with van der Waals surface area (Å²) in [6.07, 6.45) is -4.61. The Kier molecular flexibility index (Phi) is 8.43. The molecule has 1 saturated heterocycles. The lowest BCUT2D eigenvalue weighted by molar-refractivity contribution is -0.305. The Bertz CT molecular complexity index is 1700. The Labute approximate surface area is 247 Å². The topological polar surface area (TPSA) is 146 Å². The average Bonchev–Trinajstić information content (AvgIpc) is 2.99. The Morgan fingerprint density at radius 1 is 0.907 bits per heavy atom. The SMILES string of the molecule is COc1cccc(-c2cc(C(=O)Nc3cc4ccc(O[C@@H]5OC(C)(C)[C@H](OC)[C@@H](O)[C@H]5O)cc4oc3=O)ccc2OC)c1. The molecule has 1 aliphatic rings. The van der Waals surface area contributed by atoms with E-state index in [2.05, 4.69) is 5.32 Å². The summed E-state index contributed by atoms with van der Waals surface area (Å²) in [5.74, 6) is 0.937. The summed E-state index contributed by atoms with van der Waals surface area (Å²) in [5, 5.41) is 24.2. The molecule has 3 aromatic carbocycles. The summed E-state index contributed by atoms with van der Waals surface area (Å²) in [7, 11) is 4.54. The van der Waals surface area contributed by atoms with Gasteiger partial charge in [0.2, 0.25) is 6.29 Å². The number of rotatable bonds is 8. The molecule has 1 aliphatic heterocycles. The predicted molar refractivity (Wildman–Crippen MR) is 158 cm³/mol. The molecule has 0 bridgehead atoms. The number of methoxy groups -OCH3 is 3. The lowest BCUT2D eigenvalue weighted by atomic mass is 9.89. The highest BCUT2D eigenvalue weighted by molar-refractivity contribution is 6.05. The zero-order chi connectivity index (χ0) is 30.9. The summed E-state index contributed by atoms with van der Waals surface area (Å²) < 4.78 is 33.3. The minimum Gasteiger partial charge on any atom is -0.497 e. The largest absolute Gasteiger partial charge is 0.497 e. The molecular weight excluding hydrogens is 558 g/mol. The van der Waals surface area contributed by atoms with Crippen LogP contribution in [-0.2, 0) is 9.47 Å². The molecule has 11 nitrogen and oxygen atoms in total. The first-order valence-electron chi connectivity index (χ1n) is 13.5. The molecule has 0 spiro atoms. The van der Waals surface area contributed by atoms with Gasteiger partial charge in [-0.1, -0.05) is 12.1 Å². The number of fused-ring (bicyclic) bond motifs is 1. The average molecular weight is 592 g/mol. The van der Waals surface area contributed by atoms with E-state index in [4.69, 9.17) is 28.1 Å². The lowest BCUT2D eigenvalue weighted by Gasteiger charge is -2.46. The Hall–Kier alpha value is -4.42. The predicted octanol–water partition coefficient (Wildman–Crippen LogP) is 3.98. The van der Waals surface area contributed by atoms with Crippen LogP contribution in [0.5, 0.6) is 17.2 Å². The van der Waals surface area contributed by atoms with Gasteiger partial charge in [0.05, 0.1) is 19.8 Å². The van der Waals surface area contributed by atoms with Crippen molar-refractivity contribution in [2.45, 2.75) is 44.1 Å². The van der Waals surface area contributed by atoms with Gasteiger partial charge in [0.25, 0.3) is 5.91 Å². The fourth-order valence-electron chi connectivity index (χ4n) is 5.15. The van der Waals surface area contributed by atoms with Crippen LogP contribution in [-0.4, -0.2) is 67.7 Å². The Balaban J connectivity index is 1.36. The molecule has 11 heteroatoms. The van der Waals surface area contributed by atoms with Gasteiger partial charge in [0, 0.05) is 29.7 Å². The number of aliphatic hydroxyl groups excluding tert-OH is 2. The number of ether oxygens (including phenoxy) is 5. The van der Waals surface area contributed by atoms with Gasteiger partial charge in [0.1, 0.15) is 46.8 Å². The molecule has 1 fully saturated rings. The van der Waals surface area contributed by atoms with Crippen LogP contribution >= 0.6 is 0 Å². The number of hydrogen-bond acceptors (Lipinski definition) is 10. The number of nitrogens with one attached hydrogen (secondary N) is 1. The normalized spacial score (nSPS) is 21.3. The van der Waals surface area contributed by atoms with Crippen LogP contribution in [0.3, 0.4) is 0 Å². The second-order valence-electron chi connectivity index (χ2n) is 10.6. The molecule has 1 amide bonds. The number of aliphatic hydroxyl groups is 2. The maximum atomic E-state index is 13.2. The van der Waals surface area contributed by atoms with Crippen LogP contribution in [0.1, 0.15) is 24.2 Å². The van der Waals surface area contributed by atoms with Crippen LogP contribution in [0, 0.1) is 0 Å². The van der Waals surface area contributed by atoms with Gasteiger partial charge < -0.3 is 43.6 Å². The van der Waals surface area contributed by atoms with E-state index in [9.17, 15) is 19.8 Å². The first kappa shape index (κ1) is 30.1. The van der Waals surface area contributed by atoms with Crippen molar-refractivity contribution in [2.75, 3.05) is 26.6 Å². The van der Waals surface area contributed by atoms with E-state index >= 15 is 0 Å². The van der Waals surface area contributed by atoms with Gasteiger partial charge in [0.15, 0.2) is 0 Å². The van der Waals surface area contributed by atoms with Gasteiger partial charge in [-0.25, -0.2) is 4.79 Å². The molecule has 2 heterocycles. The van der Waals surface area contributed by atoms with Crippen molar-refractivity contribution in [1.82, 2.24) is 0 Å². The van der Waals surface area contributed by atoms with E-state index in [1.54, 1.807) is 58.4 Å². The highest BCUT2D eigenvalue weighted by Crippen LogP contribution is 2.35. The number of amides is 1. The highest BCUT2D eigenvalue weighted by Gasteiger charge is 2.50. The van der Waals surface area contributed by atoms with Gasteiger partial charge in [-0.2, -0.15) is 0 Å².